The van der Waals surface area contributed by atoms with E-state index < -0.39 is 11.9 Å². The summed E-state index contributed by atoms with van der Waals surface area (Å²) in [5, 5.41) is 3.06. The van der Waals surface area contributed by atoms with E-state index in [0.717, 1.165) is 0 Å². The highest BCUT2D eigenvalue weighted by Gasteiger charge is 2.29. The zero-order chi connectivity index (χ0) is 20.0. The third-order valence-corrected chi connectivity index (χ3v) is 4.59. The van der Waals surface area contributed by atoms with Crippen molar-refractivity contribution in [2.75, 3.05) is 38.3 Å². The van der Waals surface area contributed by atoms with Crippen LogP contribution in [0.1, 0.15) is 17.3 Å². The molecule has 9 heteroatoms. The van der Waals surface area contributed by atoms with Crippen LogP contribution in [-0.4, -0.2) is 66.5 Å². The molecule has 0 radical (unpaired) electrons. The number of nitrogens with zero attached hydrogens (tertiary/aromatic N) is 2. The molecule has 1 aromatic rings. The molecule has 0 spiro atoms. The van der Waals surface area contributed by atoms with Crippen LogP contribution in [0.3, 0.4) is 0 Å². The first kappa shape index (κ1) is 20.5. The molecule has 1 heterocycles. The smallest absolute Gasteiger partial charge is 0.333 e. The molecule has 0 saturated carbocycles. The predicted octanol–water partition coefficient (Wildman–Crippen LogP) is 1.31. The molecule has 2 rings (SSSR count). The Bertz CT molecular complexity index is 774. The quantitative estimate of drug-likeness (QED) is 0.580. The normalized spacial score (nSPS) is 15.0. The van der Waals surface area contributed by atoms with Crippen molar-refractivity contribution in [1.82, 2.24) is 9.80 Å². The lowest BCUT2D eigenvalue weighted by Gasteiger charge is -2.16. The van der Waals surface area contributed by atoms with Gasteiger partial charge in [-0.3, -0.25) is 19.3 Å². The molecule has 8 nitrogen and oxygen atoms in total. The van der Waals surface area contributed by atoms with E-state index in [4.69, 9.17) is 4.74 Å². The zero-order valence-electron chi connectivity index (χ0n) is 15.4. The van der Waals surface area contributed by atoms with Gasteiger partial charge in [-0.05, 0) is 31.2 Å². The second-order valence-corrected chi connectivity index (χ2v) is 6.82. The van der Waals surface area contributed by atoms with Crippen molar-refractivity contribution < 1.29 is 23.9 Å². The van der Waals surface area contributed by atoms with Gasteiger partial charge in [-0.1, -0.05) is 11.8 Å². The summed E-state index contributed by atoms with van der Waals surface area (Å²) in [5.74, 6) is -1.19. The first-order valence-corrected chi connectivity index (χ1v) is 9.23. The molecule has 0 aliphatic carbocycles. The van der Waals surface area contributed by atoms with Gasteiger partial charge >= 0.3 is 5.97 Å². The fourth-order valence-electron chi connectivity index (χ4n) is 2.28. The summed E-state index contributed by atoms with van der Waals surface area (Å²) in [6.07, 6.45) is 1.22. The number of carbonyl (C=O) groups is 4. The highest BCUT2D eigenvalue weighted by Crippen LogP contribution is 2.28. The topological polar surface area (TPSA) is 96.0 Å². The van der Waals surface area contributed by atoms with Gasteiger partial charge in [-0.25, -0.2) is 4.79 Å². The van der Waals surface area contributed by atoms with E-state index in [1.807, 2.05) is 0 Å². The number of benzene rings is 1. The molecule has 3 amide bonds. The third-order valence-electron chi connectivity index (χ3n) is 3.56. The lowest BCUT2D eigenvalue weighted by atomic mass is 10.2. The van der Waals surface area contributed by atoms with E-state index >= 15 is 0 Å². The number of rotatable bonds is 6. The molecule has 1 aliphatic rings. The lowest BCUT2D eigenvalue weighted by Crippen LogP contribution is -2.34. The Balaban J connectivity index is 2.00. The summed E-state index contributed by atoms with van der Waals surface area (Å²) in [6.45, 7) is 1.70. The van der Waals surface area contributed by atoms with Crippen LogP contribution in [0, 0.1) is 0 Å². The molecule has 0 aromatic heterocycles. The molecule has 1 aliphatic heterocycles. The standard InChI is InChI=1S/C18H21N3O5S/c1-4-26-17(24)9-16-21(15(23)11-27-16)10-14(22)19-13-7-5-12(6-8-13)18(25)20(2)3/h5-9H,4,10-11H2,1-3H3,(H,19,22)/b16-9-. The molecule has 0 unspecified atom stereocenters. The highest BCUT2D eigenvalue weighted by molar-refractivity contribution is 8.04. The van der Waals surface area contributed by atoms with Crippen molar-refractivity contribution in [3.05, 3.63) is 40.9 Å². The number of thioether (sulfide) groups is 1. The van der Waals surface area contributed by atoms with E-state index in [2.05, 4.69) is 5.32 Å². The second kappa shape index (κ2) is 9.22. The summed E-state index contributed by atoms with van der Waals surface area (Å²) in [6, 6.07) is 6.46. The SMILES string of the molecule is CCOC(=O)/C=C1\SCC(=O)N1CC(=O)Nc1ccc(C(=O)N(C)C)cc1. The van der Waals surface area contributed by atoms with Crippen LogP contribution in [0.4, 0.5) is 5.69 Å². The Labute approximate surface area is 161 Å². The van der Waals surface area contributed by atoms with Gasteiger partial charge in [0.2, 0.25) is 11.8 Å². The summed E-state index contributed by atoms with van der Waals surface area (Å²) < 4.78 is 4.84. The van der Waals surface area contributed by atoms with Gasteiger partial charge in [0.1, 0.15) is 6.54 Å². The minimum atomic E-state index is -0.554. The lowest BCUT2D eigenvalue weighted by molar-refractivity contribution is -0.137. The van der Waals surface area contributed by atoms with E-state index in [9.17, 15) is 19.2 Å². The van der Waals surface area contributed by atoms with Gasteiger partial charge in [0.25, 0.3) is 5.91 Å². The van der Waals surface area contributed by atoms with Crippen LogP contribution in [0.5, 0.6) is 0 Å². The summed E-state index contributed by atoms with van der Waals surface area (Å²) in [7, 11) is 3.31. The molecule has 144 valence electrons. The van der Waals surface area contributed by atoms with Gasteiger partial charge in [0.05, 0.1) is 23.5 Å². The minimum Gasteiger partial charge on any atom is -0.463 e. The van der Waals surface area contributed by atoms with Gasteiger partial charge in [-0.15, -0.1) is 0 Å². The van der Waals surface area contributed by atoms with Crippen LogP contribution in [0.15, 0.2) is 35.4 Å². The van der Waals surface area contributed by atoms with Crippen molar-refractivity contribution in [2.45, 2.75) is 6.92 Å². The molecular weight excluding hydrogens is 370 g/mol. The molecule has 0 bridgehead atoms. The number of anilines is 1. The largest absolute Gasteiger partial charge is 0.463 e. The summed E-state index contributed by atoms with van der Waals surface area (Å²) in [4.78, 5) is 50.4. The van der Waals surface area contributed by atoms with Crippen molar-refractivity contribution in [1.29, 1.82) is 0 Å². The molecule has 27 heavy (non-hydrogen) atoms. The van der Waals surface area contributed by atoms with E-state index in [0.29, 0.717) is 16.3 Å². The van der Waals surface area contributed by atoms with Gasteiger partial charge in [0, 0.05) is 25.3 Å². The number of hydrogen-bond acceptors (Lipinski definition) is 6. The number of ether oxygens (including phenoxy) is 1. The van der Waals surface area contributed by atoms with E-state index in [1.165, 1.54) is 27.6 Å². The van der Waals surface area contributed by atoms with E-state index in [-0.39, 0.29) is 30.7 Å². The van der Waals surface area contributed by atoms with Crippen LogP contribution >= 0.6 is 11.8 Å². The fraction of sp³-hybridized carbons (Fsp3) is 0.333. The summed E-state index contributed by atoms with van der Waals surface area (Å²) in [5.41, 5.74) is 1.01. The highest BCUT2D eigenvalue weighted by atomic mass is 32.2. The molecule has 0 atom stereocenters. The Morgan fingerprint density at radius 1 is 1.26 bits per heavy atom. The zero-order valence-corrected chi connectivity index (χ0v) is 16.2. The number of amides is 3. The van der Waals surface area contributed by atoms with Gasteiger partial charge in [0.15, 0.2) is 0 Å². The molecule has 1 fully saturated rings. The maximum atomic E-state index is 12.3. The molecule has 1 saturated heterocycles. The fourth-order valence-corrected chi connectivity index (χ4v) is 3.21. The maximum Gasteiger partial charge on any atom is 0.333 e. The number of esters is 1. The third kappa shape index (κ3) is 5.58. The van der Waals surface area contributed by atoms with Crippen LogP contribution in [-0.2, 0) is 19.1 Å². The summed E-state index contributed by atoms with van der Waals surface area (Å²) >= 11 is 1.18. The predicted molar refractivity (Wildman–Crippen MR) is 102 cm³/mol. The van der Waals surface area contributed by atoms with Gasteiger partial charge < -0.3 is 15.0 Å². The maximum absolute atomic E-state index is 12.3. The van der Waals surface area contributed by atoms with Crippen LogP contribution in [0.25, 0.3) is 0 Å². The Morgan fingerprint density at radius 3 is 2.52 bits per heavy atom. The number of nitrogens with one attached hydrogen (secondary N) is 1. The molecule has 1 aromatic carbocycles. The Morgan fingerprint density at radius 2 is 1.93 bits per heavy atom. The van der Waals surface area contributed by atoms with Crippen molar-refractivity contribution in [3.63, 3.8) is 0 Å². The minimum absolute atomic E-state index is 0.138. The van der Waals surface area contributed by atoms with Gasteiger partial charge in [-0.2, -0.15) is 0 Å². The first-order chi connectivity index (χ1) is 12.8. The Kier molecular flexibility index (Phi) is 7.00. The molecule has 1 N–H and O–H groups in total. The average Bonchev–Trinajstić information content (AvgIpc) is 2.95. The van der Waals surface area contributed by atoms with Crippen molar-refractivity contribution >= 4 is 41.1 Å². The first-order valence-electron chi connectivity index (χ1n) is 8.25. The van der Waals surface area contributed by atoms with E-state index in [1.54, 1.807) is 45.3 Å². The monoisotopic (exact) mass is 391 g/mol. The number of carbonyl (C=O) groups excluding carboxylic acids is 4. The molecular formula is C18H21N3O5S. The number of hydrogen-bond donors (Lipinski definition) is 1. The van der Waals surface area contributed by atoms with Crippen LogP contribution in [0.2, 0.25) is 0 Å². The van der Waals surface area contributed by atoms with Crippen molar-refractivity contribution in [3.8, 4) is 0 Å². The van der Waals surface area contributed by atoms with Crippen molar-refractivity contribution in [2.24, 2.45) is 0 Å². The second-order valence-electron chi connectivity index (χ2n) is 5.83. The van der Waals surface area contributed by atoms with Crippen LogP contribution < -0.4 is 5.32 Å². The Hall–Kier alpha value is -2.81. The average molecular weight is 391 g/mol.